The molecule has 1 rings (SSSR count). The number of aliphatic hydroxyl groups is 1. The van der Waals surface area contributed by atoms with Crippen molar-refractivity contribution in [2.45, 2.75) is 38.9 Å². The lowest BCUT2D eigenvalue weighted by atomic mass is 9.82. The van der Waals surface area contributed by atoms with Crippen molar-refractivity contribution >= 4 is 18.6 Å². The SMILES string of the molecule is CC(C)(O)C(C)(C)O[B]c1ccccc1N. The summed E-state index contributed by atoms with van der Waals surface area (Å²) in [5.74, 6) is 0. The molecule has 0 fully saturated rings. The third kappa shape index (κ3) is 3.00. The molecule has 0 spiro atoms. The van der Waals surface area contributed by atoms with Gasteiger partial charge >= 0.3 is 7.48 Å². The van der Waals surface area contributed by atoms with E-state index in [1.165, 1.54) is 0 Å². The molecule has 0 aliphatic rings. The van der Waals surface area contributed by atoms with Crippen molar-refractivity contribution in [2.75, 3.05) is 5.73 Å². The van der Waals surface area contributed by atoms with Gasteiger partial charge in [0.15, 0.2) is 0 Å². The van der Waals surface area contributed by atoms with Gasteiger partial charge in [0, 0.05) is 5.69 Å². The second-order valence-corrected chi connectivity index (χ2v) is 4.93. The molecule has 16 heavy (non-hydrogen) atoms. The Morgan fingerprint density at radius 2 is 1.75 bits per heavy atom. The second kappa shape index (κ2) is 4.48. The zero-order valence-corrected chi connectivity index (χ0v) is 10.3. The Hall–Kier alpha value is -0.995. The van der Waals surface area contributed by atoms with Gasteiger partial charge in [-0.25, -0.2) is 0 Å². The van der Waals surface area contributed by atoms with Crippen LogP contribution in [0.1, 0.15) is 27.7 Å². The highest BCUT2D eigenvalue weighted by atomic mass is 16.5. The van der Waals surface area contributed by atoms with E-state index in [0.29, 0.717) is 5.69 Å². The minimum atomic E-state index is -0.924. The van der Waals surface area contributed by atoms with E-state index in [1.54, 1.807) is 21.3 Å². The molecule has 1 aromatic rings. The lowest BCUT2D eigenvalue weighted by Gasteiger charge is -2.37. The molecule has 0 aliphatic heterocycles. The first kappa shape index (κ1) is 13.1. The molecule has 4 heteroatoms. The zero-order chi connectivity index (χ0) is 12.4. The fourth-order valence-electron chi connectivity index (χ4n) is 0.973. The van der Waals surface area contributed by atoms with E-state index in [2.05, 4.69) is 0 Å². The van der Waals surface area contributed by atoms with Crippen LogP contribution in [0, 0.1) is 0 Å². The minimum Gasteiger partial charge on any atom is -0.427 e. The van der Waals surface area contributed by atoms with Crippen LogP contribution in [-0.4, -0.2) is 23.8 Å². The van der Waals surface area contributed by atoms with Crippen molar-refractivity contribution in [3.05, 3.63) is 24.3 Å². The first-order valence-electron chi connectivity index (χ1n) is 5.32. The van der Waals surface area contributed by atoms with E-state index >= 15 is 0 Å². The second-order valence-electron chi connectivity index (χ2n) is 4.93. The van der Waals surface area contributed by atoms with Crippen molar-refractivity contribution in [3.63, 3.8) is 0 Å². The summed E-state index contributed by atoms with van der Waals surface area (Å²) in [4.78, 5) is 0. The van der Waals surface area contributed by atoms with Gasteiger partial charge in [0.25, 0.3) is 0 Å². The third-order valence-electron chi connectivity index (χ3n) is 2.95. The van der Waals surface area contributed by atoms with Crippen LogP contribution >= 0.6 is 0 Å². The van der Waals surface area contributed by atoms with Crippen molar-refractivity contribution in [2.24, 2.45) is 0 Å². The van der Waals surface area contributed by atoms with Crippen molar-refractivity contribution in [3.8, 4) is 0 Å². The van der Waals surface area contributed by atoms with Crippen LogP contribution < -0.4 is 11.2 Å². The fraction of sp³-hybridized carbons (Fsp3) is 0.500. The monoisotopic (exact) mass is 220 g/mol. The summed E-state index contributed by atoms with van der Waals surface area (Å²) in [6.07, 6.45) is 0. The lowest BCUT2D eigenvalue weighted by molar-refractivity contribution is -0.0893. The highest BCUT2D eigenvalue weighted by molar-refractivity contribution is 6.49. The Labute approximate surface area is 97.9 Å². The van der Waals surface area contributed by atoms with Gasteiger partial charge in [-0.1, -0.05) is 18.2 Å². The zero-order valence-electron chi connectivity index (χ0n) is 10.3. The van der Waals surface area contributed by atoms with Crippen LogP contribution in [0.3, 0.4) is 0 Å². The topological polar surface area (TPSA) is 55.5 Å². The number of hydrogen-bond acceptors (Lipinski definition) is 3. The first-order chi connectivity index (χ1) is 7.24. The molecule has 3 N–H and O–H groups in total. The molecule has 87 valence electrons. The largest absolute Gasteiger partial charge is 0.427 e. The van der Waals surface area contributed by atoms with E-state index in [4.69, 9.17) is 10.4 Å². The molecule has 0 unspecified atom stereocenters. The number of rotatable bonds is 4. The summed E-state index contributed by atoms with van der Waals surface area (Å²) in [6.45, 7) is 7.11. The average Bonchev–Trinajstić information content (AvgIpc) is 2.15. The summed E-state index contributed by atoms with van der Waals surface area (Å²) >= 11 is 0. The Morgan fingerprint density at radius 1 is 1.19 bits per heavy atom. The summed E-state index contributed by atoms with van der Waals surface area (Å²) in [6, 6.07) is 7.44. The number of anilines is 1. The summed E-state index contributed by atoms with van der Waals surface area (Å²) in [7, 11) is 1.59. The highest BCUT2D eigenvalue weighted by Crippen LogP contribution is 2.24. The van der Waals surface area contributed by atoms with Gasteiger partial charge in [-0.15, -0.1) is 0 Å². The average molecular weight is 220 g/mol. The highest BCUT2D eigenvalue weighted by Gasteiger charge is 2.35. The maximum Gasteiger partial charge on any atom is 0.333 e. The number of para-hydroxylation sites is 1. The third-order valence-corrected chi connectivity index (χ3v) is 2.95. The molecule has 1 radical (unpaired) electrons. The van der Waals surface area contributed by atoms with Crippen LogP contribution in [0.2, 0.25) is 0 Å². The van der Waals surface area contributed by atoms with Crippen LogP contribution in [-0.2, 0) is 4.65 Å². The van der Waals surface area contributed by atoms with Crippen molar-refractivity contribution in [1.82, 2.24) is 0 Å². The van der Waals surface area contributed by atoms with Crippen molar-refractivity contribution in [1.29, 1.82) is 0 Å². The van der Waals surface area contributed by atoms with Crippen LogP contribution in [0.5, 0.6) is 0 Å². The van der Waals surface area contributed by atoms with Crippen LogP contribution in [0.15, 0.2) is 24.3 Å². The van der Waals surface area contributed by atoms with Gasteiger partial charge in [-0.2, -0.15) is 0 Å². The molecular formula is C12H19BNO2. The van der Waals surface area contributed by atoms with Crippen molar-refractivity contribution < 1.29 is 9.76 Å². The summed E-state index contributed by atoms with van der Waals surface area (Å²) in [5.41, 5.74) is 5.67. The van der Waals surface area contributed by atoms with E-state index in [1.807, 2.05) is 38.1 Å². The molecule has 0 atom stereocenters. The molecule has 0 aromatic heterocycles. The van der Waals surface area contributed by atoms with Gasteiger partial charge in [-0.3, -0.25) is 0 Å². The summed E-state index contributed by atoms with van der Waals surface area (Å²) < 4.78 is 5.61. The standard InChI is InChI=1S/C12H19BNO2/c1-11(2,15)12(3,4)16-13-9-7-5-6-8-10(9)14/h5-8,15H,14H2,1-4H3. The number of nitrogens with two attached hydrogens (primary N) is 1. The van der Waals surface area contributed by atoms with Crippen LogP contribution in [0.4, 0.5) is 5.69 Å². The maximum atomic E-state index is 9.92. The first-order valence-corrected chi connectivity index (χ1v) is 5.32. The molecule has 3 nitrogen and oxygen atoms in total. The van der Waals surface area contributed by atoms with Gasteiger partial charge in [0.05, 0.1) is 11.2 Å². The van der Waals surface area contributed by atoms with E-state index in [0.717, 1.165) is 5.46 Å². The fourth-order valence-corrected chi connectivity index (χ4v) is 0.973. The molecular weight excluding hydrogens is 201 g/mol. The molecule has 0 saturated carbocycles. The normalized spacial score (nSPS) is 12.6. The van der Waals surface area contributed by atoms with Crippen LogP contribution in [0.25, 0.3) is 0 Å². The lowest BCUT2D eigenvalue weighted by Crippen LogP contribution is -2.49. The molecule has 0 aliphatic carbocycles. The molecule has 0 bridgehead atoms. The Balaban J connectivity index is 2.69. The van der Waals surface area contributed by atoms with E-state index in [-0.39, 0.29) is 0 Å². The molecule has 1 aromatic carbocycles. The predicted molar refractivity (Wildman–Crippen MR) is 67.7 cm³/mol. The smallest absolute Gasteiger partial charge is 0.333 e. The maximum absolute atomic E-state index is 9.92. The molecule has 0 heterocycles. The molecule has 0 amide bonds. The quantitative estimate of drug-likeness (QED) is 0.589. The number of nitrogen functional groups attached to an aromatic ring is 1. The van der Waals surface area contributed by atoms with Gasteiger partial charge in [-0.05, 0) is 39.2 Å². The Bertz CT molecular complexity index is 358. The van der Waals surface area contributed by atoms with E-state index < -0.39 is 11.2 Å². The summed E-state index contributed by atoms with van der Waals surface area (Å²) in [5, 5.41) is 9.92. The predicted octanol–water partition coefficient (Wildman–Crippen LogP) is 1.08. The number of benzene rings is 1. The van der Waals surface area contributed by atoms with E-state index in [9.17, 15) is 5.11 Å². The van der Waals surface area contributed by atoms with Gasteiger partial charge in [0.2, 0.25) is 0 Å². The minimum absolute atomic E-state index is 0.661. The molecule has 0 saturated heterocycles. The Kier molecular flexibility index (Phi) is 3.66. The van der Waals surface area contributed by atoms with Gasteiger partial charge < -0.3 is 15.5 Å². The van der Waals surface area contributed by atoms with Gasteiger partial charge in [0.1, 0.15) is 0 Å². The number of hydrogen-bond donors (Lipinski definition) is 2. The Morgan fingerprint density at radius 3 is 2.25 bits per heavy atom.